The number of fused-ring (bicyclic) bond motifs is 1. The van der Waals surface area contributed by atoms with Crippen LogP contribution in [-0.4, -0.2) is 4.98 Å². The molecule has 0 aliphatic rings. The van der Waals surface area contributed by atoms with Crippen LogP contribution in [0.5, 0.6) is 5.75 Å². The molecule has 0 saturated carbocycles. The van der Waals surface area contributed by atoms with E-state index in [1.165, 1.54) is 6.20 Å². The number of H-pyrrole nitrogens is 1. The fourth-order valence-corrected chi connectivity index (χ4v) is 2.05. The van der Waals surface area contributed by atoms with Crippen LogP contribution in [0, 0.1) is 0 Å². The smallest absolute Gasteiger partial charge is 0.212 e. The average Bonchev–Trinajstić information content (AvgIpc) is 2.50. The van der Waals surface area contributed by atoms with Crippen molar-refractivity contribution in [3.05, 3.63) is 70.5 Å². The van der Waals surface area contributed by atoms with Gasteiger partial charge in [-0.25, -0.2) is 0 Å². The van der Waals surface area contributed by atoms with Gasteiger partial charge in [-0.1, -0.05) is 30.3 Å². The number of anilines is 1. The molecule has 1 heterocycles. The topological polar surface area (TPSA) is 68.1 Å². The quantitative estimate of drug-likeness (QED) is 0.765. The lowest BCUT2D eigenvalue weighted by Gasteiger charge is -2.07. The van der Waals surface area contributed by atoms with E-state index < -0.39 is 0 Å². The van der Waals surface area contributed by atoms with Crippen molar-refractivity contribution in [1.82, 2.24) is 4.98 Å². The Bertz CT molecular complexity index is 794. The maximum absolute atomic E-state index is 11.8. The van der Waals surface area contributed by atoms with Gasteiger partial charge in [-0.3, -0.25) is 4.79 Å². The third-order valence-electron chi connectivity index (χ3n) is 3.13. The number of benzene rings is 2. The van der Waals surface area contributed by atoms with Crippen molar-refractivity contribution in [2.24, 2.45) is 0 Å². The van der Waals surface area contributed by atoms with E-state index in [-0.39, 0.29) is 11.1 Å². The summed E-state index contributed by atoms with van der Waals surface area (Å²) in [4.78, 5) is 14.8. The molecule has 4 nitrogen and oxygen atoms in total. The van der Waals surface area contributed by atoms with Gasteiger partial charge in [0.2, 0.25) is 5.43 Å². The predicted octanol–water partition coefficient (Wildman–Crippen LogP) is 2.69. The van der Waals surface area contributed by atoms with Gasteiger partial charge in [-0.05, 0) is 17.7 Å². The monoisotopic (exact) mass is 266 g/mol. The number of ether oxygens (including phenoxy) is 1. The Morgan fingerprint density at radius 2 is 1.90 bits per heavy atom. The molecule has 0 amide bonds. The fourth-order valence-electron chi connectivity index (χ4n) is 2.05. The zero-order valence-corrected chi connectivity index (χ0v) is 10.8. The summed E-state index contributed by atoms with van der Waals surface area (Å²) in [5.41, 5.74) is 7.46. The Morgan fingerprint density at radius 3 is 2.70 bits per heavy atom. The first-order valence-electron chi connectivity index (χ1n) is 6.32. The Labute approximate surface area is 115 Å². The van der Waals surface area contributed by atoms with Gasteiger partial charge in [0.25, 0.3) is 0 Å². The van der Waals surface area contributed by atoms with Crippen molar-refractivity contribution in [3.63, 3.8) is 0 Å². The number of aromatic nitrogens is 1. The normalized spacial score (nSPS) is 10.6. The summed E-state index contributed by atoms with van der Waals surface area (Å²) in [5, 5.41) is 0.567. The second-order valence-electron chi connectivity index (χ2n) is 4.55. The molecule has 0 bridgehead atoms. The summed E-state index contributed by atoms with van der Waals surface area (Å²) in [6, 6.07) is 15.2. The van der Waals surface area contributed by atoms with Crippen molar-refractivity contribution < 1.29 is 4.74 Å². The Morgan fingerprint density at radius 1 is 1.10 bits per heavy atom. The van der Waals surface area contributed by atoms with Crippen LogP contribution in [-0.2, 0) is 6.61 Å². The highest BCUT2D eigenvalue weighted by Crippen LogP contribution is 2.18. The van der Waals surface area contributed by atoms with E-state index in [9.17, 15) is 4.79 Å². The van der Waals surface area contributed by atoms with Crippen LogP contribution in [0.4, 0.5) is 5.69 Å². The molecule has 0 radical (unpaired) electrons. The molecule has 3 N–H and O–H groups in total. The van der Waals surface area contributed by atoms with Crippen molar-refractivity contribution in [2.75, 3.05) is 5.73 Å². The first-order chi connectivity index (χ1) is 9.74. The largest absolute Gasteiger partial charge is 0.489 e. The molecule has 2 aromatic carbocycles. The summed E-state index contributed by atoms with van der Waals surface area (Å²) in [6.07, 6.45) is 1.51. The minimum atomic E-state index is -0.159. The third-order valence-corrected chi connectivity index (χ3v) is 3.13. The molecule has 3 aromatic rings. The van der Waals surface area contributed by atoms with E-state index in [4.69, 9.17) is 10.5 Å². The van der Waals surface area contributed by atoms with Gasteiger partial charge in [0.1, 0.15) is 12.4 Å². The van der Waals surface area contributed by atoms with Crippen LogP contribution in [0.25, 0.3) is 10.9 Å². The number of hydrogen-bond donors (Lipinski definition) is 2. The van der Waals surface area contributed by atoms with E-state index in [1.807, 2.05) is 30.3 Å². The zero-order chi connectivity index (χ0) is 13.9. The van der Waals surface area contributed by atoms with Gasteiger partial charge < -0.3 is 15.5 Å². The number of nitrogens with two attached hydrogens (primary N) is 1. The molecular weight excluding hydrogens is 252 g/mol. The van der Waals surface area contributed by atoms with Crippen LogP contribution in [0.2, 0.25) is 0 Å². The first kappa shape index (κ1) is 12.3. The van der Waals surface area contributed by atoms with E-state index >= 15 is 0 Å². The molecule has 4 heteroatoms. The number of nitrogens with one attached hydrogen (secondary N) is 1. The third kappa shape index (κ3) is 2.36. The fraction of sp³-hybridized carbons (Fsp3) is 0.0625. The van der Waals surface area contributed by atoms with E-state index in [2.05, 4.69) is 4.98 Å². The zero-order valence-electron chi connectivity index (χ0n) is 10.8. The lowest BCUT2D eigenvalue weighted by atomic mass is 10.2. The Hall–Kier alpha value is -2.75. The summed E-state index contributed by atoms with van der Waals surface area (Å²) < 4.78 is 5.72. The number of pyridine rings is 1. The lowest BCUT2D eigenvalue weighted by Crippen LogP contribution is -2.08. The van der Waals surface area contributed by atoms with Crippen molar-refractivity contribution in [1.29, 1.82) is 0 Å². The van der Waals surface area contributed by atoms with E-state index in [0.717, 1.165) is 11.1 Å². The van der Waals surface area contributed by atoms with Crippen molar-refractivity contribution in [3.8, 4) is 5.75 Å². The number of aromatic amines is 1. The van der Waals surface area contributed by atoms with Gasteiger partial charge >= 0.3 is 0 Å². The molecule has 0 spiro atoms. The number of rotatable bonds is 3. The number of hydrogen-bond acceptors (Lipinski definition) is 3. The molecule has 100 valence electrons. The standard InChI is InChI=1S/C16H14N2O2/c17-14-9-18-15-8-12(6-7-13(15)16(14)19)20-10-11-4-2-1-3-5-11/h1-9H,10,17H2,(H,18,19). The summed E-state index contributed by atoms with van der Waals surface area (Å²) in [5.74, 6) is 0.710. The van der Waals surface area contributed by atoms with Crippen LogP contribution >= 0.6 is 0 Å². The molecule has 0 fully saturated rings. The lowest BCUT2D eigenvalue weighted by molar-refractivity contribution is 0.306. The SMILES string of the molecule is Nc1c[nH]c2cc(OCc3ccccc3)ccc2c1=O. The van der Waals surface area contributed by atoms with Gasteiger partial charge in [0, 0.05) is 17.6 Å². The molecular formula is C16H14N2O2. The highest BCUT2D eigenvalue weighted by atomic mass is 16.5. The van der Waals surface area contributed by atoms with Gasteiger partial charge in [0.05, 0.1) is 11.2 Å². The molecule has 0 saturated heterocycles. The predicted molar refractivity (Wildman–Crippen MR) is 79.8 cm³/mol. The van der Waals surface area contributed by atoms with Crippen LogP contribution in [0.1, 0.15) is 5.56 Å². The van der Waals surface area contributed by atoms with E-state index in [0.29, 0.717) is 17.7 Å². The van der Waals surface area contributed by atoms with Crippen LogP contribution in [0.15, 0.2) is 59.5 Å². The molecule has 0 atom stereocenters. The molecule has 0 aliphatic carbocycles. The summed E-state index contributed by atoms with van der Waals surface area (Å²) in [7, 11) is 0. The maximum atomic E-state index is 11.8. The van der Waals surface area contributed by atoms with Crippen LogP contribution < -0.4 is 15.9 Å². The molecule has 1 aromatic heterocycles. The van der Waals surface area contributed by atoms with Gasteiger partial charge in [0.15, 0.2) is 0 Å². The van der Waals surface area contributed by atoms with Crippen molar-refractivity contribution in [2.45, 2.75) is 6.61 Å². The molecule has 0 aliphatic heterocycles. The highest BCUT2D eigenvalue weighted by Gasteiger charge is 2.04. The average molecular weight is 266 g/mol. The Kier molecular flexibility index (Phi) is 3.13. The second kappa shape index (κ2) is 5.09. The van der Waals surface area contributed by atoms with E-state index in [1.54, 1.807) is 18.2 Å². The van der Waals surface area contributed by atoms with Gasteiger partial charge in [-0.15, -0.1) is 0 Å². The Balaban J connectivity index is 1.87. The maximum Gasteiger partial charge on any atom is 0.212 e. The van der Waals surface area contributed by atoms with Gasteiger partial charge in [-0.2, -0.15) is 0 Å². The molecule has 0 unspecified atom stereocenters. The minimum Gasteiger partial charge on any atom is -0.489 e. The molecule has 20 heavy (non-hydrogen) atoms. The highest BCUT2D eigenvalue weighted by molar-refractivity contribution is 5.82. The van der Waals surface area contributed by atoms with Crippen molar-refractivity contribution >= 4 is 16.6 Å². The molecule has 3 rings (SSSR count). The summed E-state index contributed by atoms with van der Waals surface area (Å²) in [6.45, 7) is 0.492. The summed E-state index contributed by atoms with van der Waals surface area (Å²) >= 11 is 0. The number of nitrogen functional groups attached to an aromatic ring is 1. The minimum absolute atomic E-state index is 0.159. The van der Waals surface area contributed by atoms with Crippen LogP contribution in [0.3, 0.4) is 0 Å². The first-order valence-corrected chi connectivity index (χ1v) is 6.32. The second-order valence-corrected chi connectivity index (χ2v) is 4.55.